The van der Waals surface area contributed by atoms with Gasteiger partial charge in [-0.05, 0) is 31.0 Å². The number of Topliss-reactive ketones (excluding diaryl/α,β-unsaturated/α-hetero) is 1. The molecule has 3 nitrogen and oxygen atoms in total. The van der Waals surface area contributed by atoms with Gasteiger partial charge in [0.1, 0.15) is 0 Å². The lowest BCUT2D eigenvalue weighted by atomic mass is 9.96. The molecule has 0 bridgehead atoms. The number of alkyl halides is 1. The molecule has 0 radical (unpaired) electrons. The van der Waals surface area contributed by atoms with Crippen LogP contribution in [0.2, 0.25) is 0 Å². The minimum absolute atomic E-state index is 0.0655. The zero-order valence-corrected chi connectivity index (χ0v) is 9.89. The predicted molar refractivity (Wildman–Crippen MR) is 63.3 cm³/mol. The van der Waals surface area contributed by atoms with E-state index < -0.39 is 0 Å². The number of aryl methyl sites for hydroxylation is 1. The molecule has 1 amide bonds. The quantitative estimate of drug-likeness (QED) is 0.635. The lowest BCUT2D eigenvalue weighted by Gasteiger charge is -2.08. The Hall–Kier alpha value is -1.35. The van der Waals surface area contributed by atoms with Crippen molar-refractivity contribution < 1.29 is 9.59 Å². The van der Waals surface area contributed by atoms with E-state index in [1.54, 1.807) is 6.07 Å². The van der Waals surface area contributed by atoms with Crippen molar-refractivity contribution in [3.63, 3.8) is 0 Å². The first kappa shape index (κ1) is 11.1. The number of halogens is 1. The number of carbonyl (C=O) groups is 2. The van der Waals surface area contributed by atoms with Crippen molar-refractivity contribution in [3.05, 3.63) is 28.8 Å². The summed E-state index contributed by atoms with van der Waals surface area (Å²) in [6, 6.07) is 3.70. The topological polar surface area (TPSA) is 46.2 Å². The van der Waals surface area contributed by atoms with Gasteiger partial charge in [-0.15, -0.1) is 11.6 Å². The van der Waals surface area contributed by atoms with Gasteiger partial charge in [-0.2, -0.15) is 0 Å². The number of benzene rings is 1. The summed E-state index contributed by atoms with van der Waals surface area (Å²) in [5.41, 5.74) is 3.01. The van der Waals surface area contributed by atoms with E-state index in [2.05, 4.69) is 5.32 Å². The van der Waals surface area contributed by atoms with Gasteiger partial charge >= 0.3 is 0 Å². The molecule has 1 aliphatic heterocycles. The van der Waals surface area contributed by atoms with E-state index in [0.717, 1.165) is 11.1 Å². The van der Waals surface area contributed by atoms with Crippen molar-refractivity contribution in [2.45, 2.75) is 19.8 Å². The first-order chi connectivity index (χ1) is 7.54. The van der Waals surface area contributed by atoms with Crippen LogP contribution in [0.5, 0.6) is 0 Å². The van der Waals surface area contributed by atoms with Gasteiger partial charge in [0.25, 0.3) is 0 Å². The maximum absolute atomic E-state index is 11.7. The van der Waals surface area contributed by atoms with Crippen LogP contribution in [-0.2, 0) is 4.79 Å². The van der Waals surface area contributed by atoms with E-state index in [4.69, 9.17) is 11.6 Å². The van der Waals surface area contributed by atoms with Gasteiger partial charge in [-0.3, -0.25) is 9.59 Å². The molecule has 0 saturated carbocycles. The molecule has 1 aliphatic rings. The molecule has 1 aromatic rings. The van der Waals surface area contributed by atoms with Gasteiger partial charge in [0.2, 0.25) is 5.91 Å². The van der Waals surface area contributed by atoms with Crippen LogP contribution in [-0.4, -0.2) is 17.6 Å². The third-order valence-electron chi connectivity index (χ3n) is 2.84. The Morgan fingerprint density at radius 3 is 2.81 bits per heavy atom. The number of carbonyl (C=O) groups excluding carboxylic acids is 2. The van der Waals surface area contributed by atoms with Crippen molar-refractivity contribution in [1.82, 2.24) is 0 Å². The Morgan fingerprint density at radius 2 is 2.19 bits per heavy atom. The fourth-order valence-corrected chi connectivity index (χ4v) is 2.10. The molecule has 0 saturated heterocycles. The molecule has 2 rings (SSSR count). The van der Waals surface area contributed by atoms with E-state index in [1.807, 2.05) is 19.9 Å². The van der Waals surface area contributed by atoms with Gasteiger partial charge in [0.15, 0.2) is 5.78 Å². The molecule has 1 aromatic carbocycles. The minimum Gasteiger partial charge on any atom is -0.325 e. The van der Waals surface area contributed by atoms with E-state index in [1.165, 1.54) is 0 Å². The summed E-state index contributed by atoms with van der Waals surface area (Å²) >= 11 is 5.55. The Kier molecular flexibility index (Phi) is 2.72. The lowest BCUT2D eigenvalue weighted by molar-refractivity contribution is -0.116. The Bertz CT molecular complexity index is 482. The van der Waals surface area contributed by atoms with Crippen LogP contribution >= 0.6 is 11.6 Å². The molecule has 1 N–H and O–H groups in total. The Balaban J connectivity index is 2.61. The van der Waals surface area contributed by atoms with Gasteiger partial charge in [-0.25, -0.2) is 0 Å². The highest BCUT2D eigenvalue weighted by atomic mass is 35.5. The van der Waals surface area contributed by atoms with E-state index in [9.17, 15) is 9.59 Å². The van der Waals surface area contributed by atoms with E-state index in [0.29, 0.717) is 11.3 Å². The molecule has 4 heteroatoms. The van der Waals surface area contributed by atoms with Crippen LogP contribution in [0.25, 0.3) is 0 Å². The summed E-state index contributed by atoms with van der Waals surface area (Å²) in [4.78, 5) is 23.2. The predicted octanol–water partition coefficient (Wildman–Crippen LogP) is 2.47. The molecule has 1 unspecified atom stereocenters. The zero-order valence-electron chi connectivity index (χ0n) is 9.13. The molecular weight excluding hydrogens is 226 g/mol. The summed E-state index contributed by atoms with van der Waals surface area (Å²) < 4.78 is 0. The third-order valence-corrected chi connectivity index (χ3v) is 3.09. The summed E-state index contributed by atoms with van der Waals surface area (Å²) in [5, 5.41) is 2.74. The highest BCUT2D eigenvalue weighted by Gasteiger charge is 2.30. The molecule has 0 aliphatic carbocycles. The van der Waals surface area contributed by atoms with Crippen LogP contribution in [0.1, 0.15) is 34.3 Å². The van der Waals surface area contributed by atoms with E-state index in [-0.39, 0.29) is 23.5 Å². The fourth-order valence-electron chi connectivity index (χ4n) is 1.96. The molecule has 84 valence electrons. The van der Waals surface area contributed by atoms with Crippen LogP contribution in [0.4, 0.5) is 5.69 Å². The second kappa shape index (κ2) is 3.91. The van der Waals surface area contributed by atoms with Gasteiger partial charge in [0.05, 0.1) is 17.5 Å². The standard InChI is InChI=1S/C12H12ClNO2/c1-6-3-8-7(2)12(16)14-11(8)9(4-6)10(15)5-13/h3-4,7H,5H2,1-2H3,(H,14,16). The monoisotopic (exact) mass is 237 g/mol. The summed E-state index contributed by atoms with van der Waals surface area (Å²) in [5.74, 6) is -0.489. The van der Waals surface area contributed by atoms with Crippen LogP contribution in [0.3, 0.4) is 0 Å². The summed E-state index contributed by atoms with van der Waals surface area (Å²) in [6.07, 6.45) is 0. The maximum atomic E-state index is 11.7. The average Bonchev–Trinajstić information content (AvgIpc) is 2.54. The molecule has 0 aromatic heterocycles. The number of hydrogen-bond acceptors (Lipinski definition) is 2. The average molecular weight is 238 g/mol. The Morgan fingerprint density at radius 1 is 1.50 bits per heavy atom. The molecular formula is C12H12ClNO2. The first-order valence-corrected chi connectivity index (χ1v) is 5.62. The smallest absolute Gasteiger partial charge is 0.231 e. The number of hydrogen-bond donors (Lipinski definition) is 1. The minimum atomic E-state index is -0.197. The number of rotatable bonds is 2. The molecule has 0 spiro atoms. The number of ketones is 1. The third kappa shape index (κ3) is 1.61. The van der Waals surface area contributed by atoms with Crippen molar-refractivity contribution in [2.24, 2.45) is 0 Å². The first-order valence-electron chi connectivity index (χ1n) is 5.09. The normalized spacial score (nSPS) is 18.2. The van der Waals surface area contributed by atoms with Crippen LogP contribution in [0.15, 0.2) is 12.1 Å². The number of nitrogens with one attached hydrogen (secondary N) is 1. The fraction of sp³-hybridized carbons (Fsp3) is 0.333. The number of anilines is 1. The SMILES string of the molecule is Cc1cc(C(=O)CCl)c2c(c1)C(C)C(=O)N2. The molecule has 1 heterocycles. The number of amides is 1. The molecule has 1 atom stereocenters. The Labute approximate surface area is 98.8 Å². The highest BCUT2D eigenvalue weighted by molar-refractivity contribution is 6.31. The highest BCUT2D eigenvalue weighted by Crippen LogP contribution is 2.36. The maximum Gasteiger partial charge on any atom is 0.231 e. The summed E-state index contributed by atoms with van der Waals surface area (Å²) in [6.45, 7) is 3.73. The second-order valence-corrected chi connectivity index (χ2v) is 4.31. The van der Waals surface area contributed by atoms with Gasteiger partial charge in [0, 0.05) is 5.56 Å². The van der Waals surface area contributed by atoms with Crippen molar-refractivity contribution in [1.29, 1.82) is 0 Å². The van der Waals surface area contributed by atoms with Crippen molar-refractivity contribution in [2.75, 3.05) is 11.2 Å². The molecule has 16 heavy (non-hydrogen) atoms. The van der Waals surface area contributed by atoms with Gasteiger partial charge in [-0.1, -0.05) is 6.07 Å². The summed E-state index contributed by atoms with van der Waals surface area (Å²) in [7, 11) is 0. The van der Waals surface area contributed by atoms with Crippen molar-refractivity contribution >= 4 is 29.0 Å². The van der Waals surface area contributed by atoms with Crippen molar-refractivity contribution in [3.8, 4) is 0 Å². The second-order valence-electron chi connectivity index (χ2n) is 4.04. The van der Waals surface area contributed by atoms with Crippen LogP contribution in [0, 0.1) is 6.92 Å². The lowest BCUT2D eigenvalue weighted by Crippen LogP contribution is -2.10. The number of fused-ring (bicyclic) bond motifs is 1. The van der Waals surface area contributed by atoms with Crippen LogP contribution < -0.4 is 5.32 Å². The van der Waals surface area contributed by atoms with Gasteiger partial charge < -0.3 is 5.32 Å². The molecule has 0 fully saturated rings. The largest absolute Gasteiger partial charge is 0.325 e. The zero-order chi connectivity index (χ0) is 11.9. The van der Waals surface area contributed by atoms with E-state index >= 15 is 0 Å².